The number of aryl methyl sites for hydroxylation is 1. The Hall–Kier alpha value is -2.82. The van der Waals surface area contributed by atoms with Crippen molar-refractivity contribution in [3.63, 3.8) is 0 Å². The van der Waals surface area contributed by atoms with E-state index >= 15 is 0 Å². The van der Waals surface area contributed by atoms with Gasteiger partial charge >= 0.3 is 5.97 Å². The van der Waals surface area contributed by atoms with Crippen LogP contribution >= 0.6 is 0 Å². The smallest absolute Gasteiger partial charge is 0.347 e. The molecule has 0 heterocycles. The van der Waals surface area contributed by atoms with Crippen molar-refractivity contribution in [2.75, 3.05) is 5.32 Å². The van der Waals surface area contributed by atoms with Crippen molar-refractivity contribution in [3.8, 4) is 5.75 Å². The maximum absolute atomic E-state index is 12.3. The molecule has 1 N–H and O–H groups in total. The summed E-state index contributed by atoms with van der Waals surface area (Å²) in [5.41, 5.74) is 2.40. The van der Waals surface area contributed by atoms with Gasteiger partial charge in [-0.2, -0.15) is 0 Å². The Morgan fingerprint density at radius 3 is 2.25 bits per heavy atom. The third kappa shape index (κ3) is 5.59. The third-order valence-corrected chi connectivity index (χ3v) is 4.91. The lowest BCUT2D eigenvalue weighted by atomic mass is 9.98. The van der Waals surface area contributed by atoms with Crippen molar-refractivity contribution in [3.05, 3.63) is 59.7 Å². The first kappa shape index (κ1) is 19.9. The minimum Gasteiger partial charge on any atom is -0.479 e. The molecule has 0 bridgehead atoms. The van der Waals surface area contributed by atoms with Crippen LogP contribution in [0.3, 0.4) is 0 Å². The minimum absolute atomic E-state index is 0.0140. The molecule has 1 aliphatic carbocycles. The number of benzene rings is 2. The summed E-state index contributed by atoms with van der Waals surface area (Å²) in [6.45, 7) is 3.68. The van der Waals surface area contributed by atoms with Gasteiger partial charge in [-0.3, -0.25) is 4.79 Å². The number of nitrogens with one attached hydrogen (secondary N) is 1. The van der Waals surface area contributed by atoms with Crippen molar-refractivity contribution in [2.24, 2.45) is 0 Å². The van der Waals surface area contributed by atoms with E-state index in [4.69, 9.17) is 9.47 Å². The molecule has 28 heavy (non-hydrogen) atoms. The Bertz CT molecular complexity index is 792. The zero-order valence-electron chi connectivity index (χ0n) is 16.4. The molecule has 1 fully saturated rings. The van der Waals surface area contributed by atoms with Gasteiger partial charge in [0.1, 0.15) is 11.9 Å². The summed E-state index contributed by atoms with van der Waals surface area (Å²) in [6, 6.07) is 14.4. The molecule has 5 nitrogen and oxygen atoms in total. The molecule has 1 saturated carbocycles. The summed E-state index contributed by atoms with van der Waals surface area (Å²) in [5, 5.41) is 2.86. The van der Waals surface area contributed by atoms with Crippen molar-refractivity contribution < 1.29 is 19.1 Å². The molecule has 0 spiro atoms. The maximum atomic E-state index is 12.3. The number of esters is 1. The first-order chi connectivity index (χ1) is 13.5. The molecule has 1 aliphatic rings. The second kappa shape index (κ2) is 9.40. The zero-order valence-corrected chi connectivity index (χ0v) is 16.4. The Morgan fingerprint density at radius 1 is 0.964 bits per heavy atom. The highest BCUT2D eigenvalue weighted by Gasteiger charge is 2.23. The van der Waals surface area contributed by atoms with Crippen LogP contribution in [0, 0.1) is 6.92 Å². The predicted molar refractivity (Wildman–Crippen MR) is 109 cm³/mol. The summed E-state index contributed by atoms with van der Waals surface area (Å²) in [6.07, 6.45) is 4.63. The second-order valence-corrected chi connectivity index (χ2v) is 7.30. The Kier molecular flexibility index (Phi) is 6.69. The van der Waals surface area contributed by atoms with Crippen LogP contribution in [0.5, 0.6) is 5.75 Å². The molecule has 1 atom stereocenters. The number of hydrogen-bond acceptors (Lipinski definition) is 4. The predicted octanol–water partition coefficient (Wildman–Crippen LogP) is 4.89. The minimum atomic E-state index is -0.686. The average Bonchev–Trinajstić information content (AvgIpc) is 2.71. The van der Waals surface area contributed by atoms with E-state index in [0.717, 1.165) is 36.9 Å². The normalized spacial score (nSPS) is 15.5. The Balaban J connectivity index is 1.52. The number of amides is 1. The number of ether oxygens (including phenoxy) is 2. The molecule has 0 radical (unpaired) electrons. The highest BCUT2D eigenvalue weighted by molar-refractivity contribution is 6.04. The Labute approximate surface area is 166 Å². The monoisotopic (exact) mass is 381 g/mol. The first-order valence-corrected chi connectivity index (χ1v) is 9.86. The van der Waals surface area contributed by atoms with Gasteiger partial charge in [0.25, 0.3) is 5.91 Å². The fraction of sp³-hybridized carbons (Fsp3) is 0.391. The molecule has 0 aromatic heterocycles. The zero-order chi connectivity index (χ0) is 19.9. The summed E-state index contributed by atoms with van der Waals surface area (Å²) >= 11 is 0. The van der Waals surface area contributed by atoms with Crippen LogP contribution in [-0.2, 0) is 9.53 Å². The fourth-order valence-electron chi connectivity index (χ4n) is 3.22. The van der Waals surface area contributed by atoms with Crippen LogP contribution in [-0.4, -0.2) is 24.1 Å². The van der Waals surface area contributed by atoms with Gasteiger partial charge in [0.15, 0.2) is 6.10 Å². The molecule has 2 aromatic carbocycles. The fourth-order valence-corrected chi connectivity index (χ4v) is 3.22. The largest absolute Gasteiger partial charge is 0.479 e. The summed E-state index contributed by atoms with van der Waals surface area (Å²) in [5.74, 6) is -0.00627. The topological polar surface area (TPSA) is 64.6 Å². The highest BCUT2D eigenvalue weighted by atomic mass is 16.6. The van der Waals surface area contributed by atoms with E-state index in [1.165, 1.54) is 6.42 Å². The summed E-state index contributed by atoms with van der Waals surface area (Å²) < 4.78 is 11.2. The van der Waals surface area contributed by atoms with Crippen molar-refractivity contribution >= 4 is 17.6 Å². The summed E-state index contributed by atoms with van der Waals surface area (Å²) in [7, 11) is 0. The van der Waals surface area contributed by atoms with Crippen LogP contribution in [0.15, 0.2) is 48.5 Å². The van der Waals surface area contributed by atoms with E-state index in [1.807, 2.05) is 31.2 Å². The molecule has 0 aliphatic heterocycles. The van der Waals surface area contributed by atoms with Gasteiger partial charge in [-0.1, -0.05) is 24.1 Å². The second-order valence-electron chi connectivity index (χ2n) is 7.30. The SMILES string of the molecule is Cc1ccc(NC(=O)c2ccc(OC(C)C(=O)OC3CCCCC3)cc2)cc1. The third-order valence-electron chi connectivity index (χ3n) is 4.91. The number of carbonyl (C=O) groups excluding carboxylic acids is 2. The molecule has 5 heteroatoms. The molecule has 0 saturated heterocycles. The number of hydrogen-bond donors (Lipinski definition) is 1. The van der Waals surface area contributed by atoms with Crippen LogP contribution in [0.1, 0.15) is 54.9 Å². The molecule has 148 valence electrons. The van der Waals surface area contributed by atoms with E-state index in [9.17, 15) is 9.59 Å². The van der Waals surface area contributed by atoms with Crippen molar-refractivity contribution in [1.82, 2.24) is 0 Å². The van der Waals surface area contributed by atoms with Gasteiger partial charge in [-0.05, 0) is 75.9 Å². The first-order valence-electron chi connectivity index (χ1n) is 9.86. The van der Waals surface area contributed by atoms with Gasteiger partial charge in [-0.15, -0.1) is 0 Å². The van der Waals surface area contributed by atoms with Gasteiger partial charge in [0.2, 0.25) is 0 Å². The van der Waals surface area contributed by atoms with E-state index in [0.29, 0.717) is 11.3 Å². The average molecular weight is 381 g/mol. The van der Waals surface area contributed by atoms with Gasteiger partial charge < -0.3 is 14.8 Å². The maximum Gasteiger partial charge on any atom is 0.347 e. The Morgan fingerprint density at radius 2 is 1.61 bits per heavy atom. The van der Waals surface area contributed by atoms with Crippen molar-refractivity contribution in [2.45, 2.75) is 58.2 Å². The number of anilines is 1. The van der Waals surface area contributed by atoms with Crippen LogP contribution in [0.4, 0.5) is 5.69 Å². The molecule has 1 unspecified atom stereocenters. The number of rotatable bonds is 6. The lowest BCUT2D eigenvalue weighted by Gasteiger charge is -2.23. The van der Waals surface area contributed by atoms with Gasteiger partial charge in [0.05, 0.1) is 0 Å². The van der Waals surface area contributed by atoms with E-state index < -0.39 is 6.10 Å². The van der Waals surface area contributed by atoms with Crippen molar-refractivity contribution in [1.29, 1.82) is 0 Å². The van der Waals surface area contributed by atoms with E-state index in [2.05, 4.69) is 5.32 Å². The molecule has 3 rings (SSSR count). The lowest BCUT2D eigenvalue weighted by Crippen LogP contribution is -2.31. The highest BCUT2D eigenvalue weighted by Crippen LogP contribution is 2.22. The molecular weight excluding hydrogens is 354 g/mol. The van der Waals surface area contributed by atoms with Crippen LogP contribution in [0.2, 0.25) is 0 Å². The van der Waals surface area contributed by atoms with Gasteiger partial charge in [0, 0.05) is 11.3 Å². The number of carbonyl (C=O) groups is 2. The lowest BCUT2D eigenvalue weighted by molar-refractivity contribution is -0.158. The van der Waals surface area contributed by atoms with Gasteiger partial charge in [-0.25, -0.2) is 4.79 Å². The summed E-state index contributed by atoms with van der Waals surface area (Å²) in [4.78, 5) is 24.5. The standard InChI is InChI=1S/C23H27NO4/c1-16-8-12-19(13-9-16)24-22(25)18-10-14-21(15-11-18)27-17(2)23(26)28-20-6-4-3-5-7-20/h8-15,17,20H,3-7H2,1-2H3,(H,24,25). The molecular formula is C23H27NO4. The van der Waals surface area contributed by atoms with Crippen LogP contribution in [0.25, 0.3) is 0 Å². The molecule has 2 aromatic rings. The van der Waals surface area contributed by atoms with Crippen LogP contribution < -0.4 is 10.1 Å². The van der Waals surface area contributed by atoms with E-state index in [-0.39, 0.29) is 18.0 Å². The van der Waals surface area contributed by atoms with E-state index in [1.54, 1.807) is 31.2 Å². The quantitative estimate of drug-likeness (QED) is 0.724. The molecule has 1 amide bonds.